The fourth-order valence-electron chi connectivity index (χ4n) is 1.54. The molecule has 1 heterocycles. The molecule has 0 aromatic carbocycles. The highest BCUT2D eigenvalue weighted by Gasteiger charge is 2.21. The van der Waals surface area contributed by atoms with Crippen LogP contribution in [0.5, 0.6) is 0 Å². The Bertz CT molecular complexity index is 411. The normalized spacial score (nSPS) is 12.6. The van der Waals surface area contributed by atoms with Gasteiger partial charge in [-0.3, -0.25) is 0 Å². The summed E-state index contributed by atoms with van der Waals surface area (Å²) < 4.78 is 4.71. The first-order valence-electron chi connectivity index (χ1n) is 5.93. The zero-order valence-corrected chi connectivity index (χ0v) is 12.1. The quantitative estimate of drug-likeness (QED) is 0.636. The third kappa shape index (κ3) is 3.92. The monoisotopic (exact) mass is 268 g/mol. The van der Waals surface area contributed by atoms with Crippen molar-refractivity contribution in [2.75, 3.05) is 13.7 Å². The molecule has 0 bridgehead atoms. The highest BCUT2D eigenvalue weighted by molar-refractivity contribution is 7.09. The molecule has 0 saturated carbocycles. The van der Waals surface area contributed by atoms with E-state index in [4.69, 9.17) is 4.74 Å². The first kappa shape index (κ1) is 14.9. The second-order valence-corrected chi connectivity index (χ2v) is 5.31. The molecule has 0 aliphatic heterocycles. The summed E-state index contributed by atoms with van der Waals surface area (Å²) in [5.74, 6) is -0.258. The molecule has 1 aromatic heterocycles. The lowest BCUT2D eigenvalue weighted by Gasteiger charge is -2.23. The molecule has 0 spiro atoms. The first-order valence-corrected chi connectivity index (χ1v) is 6.81. The maximum absolute atomic E-state index is 11.4. The summed E-state index contributed by atoms with van der Waals surface area (Å²) in [6.45, 7) is 6.70. The van der Waals surface area contributed by atoms with Crippen LogP contribution in [0, 0.1) is 0 Å². The first-order chi connectivity index (χ1) is 8.51. The van der Waals surface area contributed by atoms with Crippen LogP contribution in [0.25, 0.3) is 0 Å². The van der Waals surface area contributed by atoms with Gasteiger partial charge in [-0.15, -0.1) is 11.3 Å². The molecular formula is C13H20N2O2S. The number of esters is 1. The van der Waals surface area contributed by atoms with E-state index in [1.54, 1.807) is 17.5 Å². The third-order valence-corrected chi connectivity index (χ3v) is 3.78. The van der Waals surface area contributed by atoms with Gasteiger partial charge in [-0.05, 0) is 20.3 Å². The number of carbonyl (C=O) groups excluding carboxylic acids is 1. The van der Waals surface area contributed by atoms with Crippen molar-refractivity contribution in [2.24, 2.45) is 0 Å². The van der Waals surface area contributed by atoms with Gasteiger partial charge in [-0.25, -0.2) is 9.78 Å². The lowest BCUT2D eigenvalue weighted by molar-refractivity contribution is -0.136. The summed E-state index contributed by atoms with van der Waals surface area (Å²) in [7, 11) is 1.40. The molecule has 100 valence electrons. The Morgan fingerprint density at radius 2 is 2.33 bits per heavy atom. The summed E-state index contributed by atoms with van der Waals surface area (Å²) in [5, 5.41) is 6.36. The van der Waals surface area contributed by atoms with Gasteiger partial charge in [0.25, 0.3) is 0 Å². The Labute approximate surface area is 112 Å². The lowest BCUT2D eigenvalue weighted by atomic mass is 10.1. The summed E-state index contributed by atoms with van der Waals surface area (Å²) in [4.78, 5) is 15.7. The van der Waals surface area contributed by atoms with Crippen molar-refractivity contribution in [3.05, 3.63) is 28.2 Å². The van der Waals surface area contributed by atoms with Crippen LogP contribution in [0.3, 0.4) is 0 Å². The third-order valence-electron chi connectivity index (χ3n) is 2.69. The average Bonchev–Trinajstić information content (AvgIpc) is 2.88. The SMILES string of the molecule is CC/C(=C/CNC(C)(C)c1nccs1)C(=O)OC. The van der Waals surface area contributed by atoms with Crippen LogP contribution in [-0.2, 0) is 15.1 Å². The molecular weight excluding hydrogens is 248 g/mol. The van der Waals surface area contributed by atoms with E-state index in [1.165, 1.54) is 7.11 Å². The maximum Gasteiger partial charge on any atom is 0.333 e. The number of hydrogen-bond donors (Lipinski definition) is 1. The number of ether oxygens (including phenoxy) is 1. The molecule has 0 radical (unpaired) electrons. The van der Waals surface area contributed by atoms with Crippen LogP contribution >= 0.6 is 11.3 Å². The summed E-state index contributed by atoms with van der Waals surface area (Å²) in [6, 6.07) is 0. The standard InChI is InChI=1S/C13H20N2O2S/c1-5-10(11(16)17-4)6-7-15-13(2,3)12-14-8-9-18-12/h6,8-9,15H,5,7H2,1-4H3/b10-6-. The lowest BCUT2D eigenvalue weighted by Crippen LogP contribution is -2.36. The van der Waals surface area contributed by atoms with E-state index in [0.717, 1.165) is 5.01 Å². The van der Waals surface area contributed by atoms with Crippen LogP contribution < -0.4 is 5.32 Å². The number of thiazole rings is 1. The number of nitrogens with zero attached hydrogens (tertiary/aromatic N) is 1. The van der Waals surface area contributed by atoms with Gasteiger partial charge in [0, 0.05) is 23.7 Å². The van der Waals surface area contributed by atoms with E-state index < -0.39 is 0 Å². The largest absolute Gasteiger partial charge is 0.466 e. The Balaban J connectivity index is 2.60. The van der Waals surface area contributed by atoms with Gasteiger partial charge in [-0.1, -0.05) is 13.0 Å². The smallest absolute Gasteiger partial charge is 0.333 e. The van der Waals surface area contributed by atoms with Crippen molar-refractivity contribution in [1.29, 1.82) is 0 Å². The van der Waals surface area contributed by atoms with Crippen molar-refractivity contribution in [1.82, 2.24) is 10.3 Å². The molecule has 0 fully saturated rings. The van der Waals surface area contributed by atoms with Crippen molar-refractivity contribution in [3.8, 4) is 0 Å². The molecule has 1 aromatic rings. The van der Waals surface area contributed by atoms with Crippen molar-refractivity contribution in [3.63, 3.8) is 0 Å². The molecule has 0 aliphatic carbocycles. The molecule has 0 saturated heterocycles. The topological polar surface area (TPSA) is 51.2 Å². The molecule has 18 heavy (non-hydrogen) atoms. The van der Waals surface area contributed by atoms with E-state index in [1.807, 2.05) is 18.4 Å². The van der Waals surface area contributed by atoms with Gasteiger partial charge in [0.05, 0.1) is 12.6 Å². The molecule has 1 rings (SSSR count). The van der Waals surface area contributed by atoms with Crippen LogP contribution in [0.2, 0.25) is 0 Å². The maximum atomic E-state index is 11.4. The number of carbonyl (C=O) groups is 1. The summed E-state index contributed by atoms with van der Waals surface area (Å²) in [5.41, 5.74) is 0.500. The van der Waals surface area contributed by atoms with E-state index in [0.29, 0.717) is 18.5 Å². The number of hydrogen-bond acceptors (Lipinski definition) is 5. The molecule has 5 heteroatoms. The van der Waals surface area contributed by atoms with Crippen molar-refractivity contribution < 1.29 is 9.53 Å². The molecule has 4 nitrogen and oxygen atoms in total. The molecule has 0 aliphatic rings. The van der Waals surface area contributed by atoms with E-state index in [2.05, 4.69) is 24.1 Å². The molecule has 1 N–H and O–H groups in total. The van der Waals surface area contributed by atoms with Gasteiger partial charge in [0.2, 0.25) is 0 Å². The summed E-state index contributed by atoms with van der Waals surface area (Å²) in [6.07, 6.45) is 4.35. The van der Waals surface area contributed by atoms with Gasteiger partial charge in [0.1, 0.15) is 5.01 Å². The Morgan fingerprint density at radius 3 is 2.83 bits per heavy atom. The van der Waals surface area contributed by atoms with Gasteiger partial charge >= 0.3 is 5.97 Å². The van der Waals surface area contributed by atoms with Crippen LogP contribution in [0.1, 0.15) is 32.2 Å². The average molecular weight is 268 g/mol. The Hall–Kier alpha value is -1.20. The predicted molar refractivity (Wildman–Crippen MR) is 73.5 cm³/mol. The van der Waals surface area contributed by atoms with Crippen LogP contribution in [-0.4, -0.2) is 24.6 Å². The van der Waals surface area contributed by atoms with E-state index >= 15 is 0 Å². The summed E-state index contributed by atoms with van der Waals surface area (Å²) >= 11 is 1.62. The van der Waals surface area contributed by atoms with Gasteiger partial charge < -0.3 is 10.1 Å². The zero-order chi connectivity index (χ0) is 13.6. The fourth-order valence-corrected chi connectivity index (χ4v) is 2.28. The number of methoxy groups -OCH3 is 1. The van der Waals surface area contributed by atoms with E-state index in [-0.39, 0.29) is 11.5 Å². The minimum absolute atomic E-state index is 0.195. The number of rotatable bonds is 6. The number of nitrogens with one attached hydrogen (secondary N) is 1. The highest BCUT2D eigenvalue weighted by atomic mass is 32.1. The van der Waals surface area contributed by atoms with Gasteiger partial charge in [-0.2, -0.15) is 0 Å². The van der Waals surface area contributed by atoms with Crippen molar-refractivity contribution >= 4 is 17.3 Å². The molecule has 0 atom stereocenters. The number of aromatic nitrogens is 1. The Kier molecular flexibility index (Phi) is 5.50. The van der Waals surface area contributed by atoms with Crippen LogP contribution in [0.4, 0.5) is 0 Å². The Morgan fingerprint density at radius 1 is 1.61 bits per heavy atom. The van der Waals surface area contributed by atoms with Crippen molar-refractivity contribution in [2.45, 2.75) is 32.7 Å². The molecule has 0 amide bonds. The predicted octanol–water partition coefficient (Wildman–Crippen LogP) is 2.48. The second kappa shape index (κ2) is 6.66. The van der Waals surface area contributed by atoms with Gasteiger partial charge in [0.15, 0.2) is 0 Å². The zero-order valence-electron chi connectivity index (χ0n) is 11.3. The minimum Gasteiger partial charge on any atom is -0.466 e. The highest BCUT2D eigenvalue weighted by Crippen LogP contribution is 2.21. The minimum atomic E-state index is -0.258. The van der Waals surface area contributed by atoms with Crippen LogP contribution in [0.15, 0.2) is 23.2 Å². The fraction of sp³-hybridized carbons (Fsp3) is 0.538. The van der Waals surface area contributed by atoms with E-state index in [9.17, 15) is 4.79 Å². The molecule has 0 unspecified atom stereocenters. The second-order valence-electron chi connectivity index (χ2n) is 4.42.